The zero-order chi connectivity index (χ0) is 23.2. The van der Waals surface area contributed by atoms with Crippen molar-refractivity contribution in [3.05, 3.63) is 85.5 Å². The number of alkyl halides is 2. The average molecular weight is 477 g/mol. The van der Waals surface area contributed by atoms with E-state index >= 15 is 0 Å². The second-order valence-corrected chi connectivity index (χ2v) is 8.98. The SMILES string of the molecule is Cn1c(=O)c2c(nc(Sc3cccc(C(C)(F)F)c3)n2Cc2ccc(Cl)cc2)n(C)c1=O. The first-order valence-electron chi connectivity index (χ1n) is 9.63. The van der Waals surface area contributed by atoms with Gasteiger partial charge in [-0.15, -0.1) is 0 Å². The second kappa shape index (κ2) is 8.22. The average Bonchev–Trinajstić information content (AvgIpc) is 3.10. The normalized spacial score (nSPS) is 11.9. The molecule has 0 aliphatic rings. The fraction of sp³-hybridized carbons (Fsp3) is 0.227. The van der Waals surface area contributed by atoms with E-state index in [2.05, 4.69) is 4.98 Å². The van der Waals surface area contributed by atoms with Gasteiger partial charge in [-0.05, 0) is 29.8 Å². The van der Waals surface area contributed by atoms with Crippen LogP contribution >= 0.6 is 23.4 Å². The van der Waals surface area contributed by atoms with E-state index in [1.54, 1.807) is 28.8 Å². The van der Waals surface area contributed by atoms with Gasteiger partial charge >= 0.3 is 5.69 Å². The summed E-state index contributed by atoms with van der Waals surface area (Å²) in [4.78, 5) is 30.5. The van der Waals surface area contributed by atoms with Crippen LogP contribution in [0.1, 0.15) is 18.1 Å². The maximum atomic E-state index is 13.8. The van der Waals surface area contributed by atoms with Gasteiger partial charge in [0.25, 0.3) is 11.5 Å². The van der Waals surface area contributed by atoms with Crippen molar-refractivity contribution in [1.29, 1.82) is 0 Å². The molecule has 4 rings (SSSR count). The molecule has 0 bridgehead atoms. The molecule has 0 aliphatic heterocycles. The number of halogens is 3. The molecule has 6 nitrogen and oxygen atoms in total. The van der Waals surface area contributed by atoms with Gasteiger partial charge in [0.2, 0.25) is 0 Å². The van der Waals surface area contributed by atoms with Crippen molar-refractivity contribution < 1.29 is 8.78 Å². The highest BCUT2D eigenvalue weighted by atomic mass is 35.5. The maximum absolute atomic E-state index is 13.8. The number of imidazole rings is 1. The smallest absolute Gasteiger partial charge is 0.308 e. The van der Waals surface area contributed by atoms with E-state index in [9.17, 15) is 18.4 Å². The van der Waals surface area contributed by atoms with Crippen LogP contribution in [0.5, 0.6) is 0 Å². The van der Waals surface area contributed by atoms with Crippen LogP contribution in [0.2, 0.25) is 5.02 Å². The van der Waals surface area contributed by atoms with Crippen LogP contribution in [0.3, 0.4) is 0 Å². The van der Waals surface area contributed by atoms with E-state index in [1.807, 2.05) is 12.1 Å². The molecular weight excluding hydrogens is 458 g/mol. The molecule has 2 aromatic heterocycles. The van der Waals surface area contributed by atoms with E-state index < -0.39 is 17.2 Å². The van der Waals surface area contributed by atoms with Crippen LogP contribution in [0.15, 0.2) is 68.2 Å². The lowest BCUT2D eigenvalue weighted by Crippen LogP contribution is -2.37. The minimum Gasteiger partial charge on any atom is -0.308 e. The number of benzene rings is 2. The first-order chi connectivity index (χ1) is 15.1. The first kappa shape index (κ1) is 22.3. The third-order valence-corrected chi connectivity index (χ3v) is 6.35. The predicted octanol–water partition coefficient (Wildman–Crippen LogP) is 4.40. The van der Waals surface area contributed by atoms with E-state index in [0.29, 0.717) is 15.1 Å². The Labute approximate surface area is 191 Å². The molecule has 32 heavy (non-hydrogen) atoms. The summed E-state index contributed by atoms with van der Waals surface area (Å²) in [6.45, 7) is 1.12. The van der Waals surface area contributed by atoms with Crippen molar-refractivity contribution in [2.24, 2.45) is 14.1 Å². The molecule has 0 saturated carbocycles. The minimum atomic E-state index is -2.99. The van der Waals surface area contributed by atoms with Gasteiger partial charge in [-0.25, -0.2) is 18.6 Å². The zero-order valence-corrected chi connectivity index (χ0v) is 19.0. The highest BCUT2D eigenvalue weighted by molar-refractivity contribution is 7.99. The number of aromatic nitrogens is 4. The van der Waals surface area contributed by atoms with Crippen LogP contribution < -0.4 is 11.2 Å². The summed E-state index contributed by atoms with van der Waals surface area (Å²) in [7, 11) is 2.94. The monoisotopic (exact) mass is 476 g/mol. The van der Waals surface area contributed by atoms with Crippen LogP contribution in [-0.4, -0.2) is 18.7 Å². The lowest BCUT2D eigenvalue weighted by atomic mass is 10.1. The largest absolute Gasteiger partial charge is 0.332 e. The Morgan fingerprint density at radius 1 is 1.06 bits per heavy atom. The predicted molar refractivity (Wildman–Crippen MR) is 121 cm³/mol. The highest BCUT2D eigenvalue weighted by Crippen LogP contribution is 2.34. The lowest BCUT2D eigenvalue weighted by Gasteiger charge is -2.12. The molecule has 4 aromatic rings. The molecule has 0 N–H and O–H groups in total. The van der Waals surface area contributed by atoms with Crippen molar-refractivity contribution in [3.63, 3.8) is 0 Å². The Hall–Kier alpha value is -2.91. The Kier molecular flexibility index (Phi) is 5.72. The third kappa shape index (κ3) is 4.10. The number of rotatable bonds is 5. The van der Waals surface area contributed by atoms with Gasteiger partial charge < -0.3 is 4.57 Å². The maximum Gasteiger partial charge on any atom is 0.332 e. The summed E-state index contributed by atoms with van der Waals surface area (Å²) in [5.74, 6) is -2.99. The molecule has 10 heteroatoms. The fourth-order valence-electron chi connectivity index (χ4n) is 3.36. The highest BCUT2D eigenvalue weighted by Gasteiger charge is 2.25. The molecule has 0 atom stereocenters. The van der Waals surface area contributed by atoms with Gasteiger partial charge in [0.1, 0.15) is 0 Å². The number of hydrogen-bond acceptors (Lipinski definition) is 4. The number of nitrogens with zero attached hydrogens (tertiary/aromatic N) is 4. The molecular formula is C22H19ClF2N4O2S. The van der Waals surface area contributed by atoms with Gasteiger partial charge in [0.05, 0.1) is 6.54 Å². The fourth-order valence-corrected chi connectivity index (χ4v) is 4.43. The van der Waals surface area contributed by atoms with Gasteiger partial charge in [0.15, 0.2) is 16.3 Å². The van der Waals surface area contributed by atoms with Gasteiger partial charge in [-0.3, -0.25) is 13.9 Å². The summed E-state index contributed by atoms with van der Waals surface area (Å²) < 4.78 is 31.6. The Morgan fingerprint density at radius 2 is 1.75 bits per heavy atom. The van der Waals surface area contributed by atoms with E-state index in [1.165, 1.54) is 30.8 Å². The Bertz CT molecular complexity index is 1440. The van der Waals surface area contributed by atoms with Gasteiger partial charge in [0, 0.05) is 36.5 Å². The molecule has 2 heterocycles. The molecule has 0 amide bonds. The van der Waals surface area contributed by atoms with Crippen LogP contribution in [0.25, 0.3) is 11.2 Å². The topological polar surface area (TPSA) is 61.8 Å². The quantitative estimate of drug-likeness (QED) is 0.428. The third-order valence-electron chi connectivity index (χ3n) is 5.12. The van der Waals surface area contributed by atoms with Crippen LogP contribution in [-0.2, 0) is 26.6 Å². The molecule has 0 unspecified atom stereocenters. The molecule has 0 aliphatic carbocycles. The molecule has 0 radical (unpaired) electrons. The van der Waals surface area contributed by atoms with Crippen LogP contribution in [0, 0.1) is 0 Å². The summed E-state index contributed by atoms with van der Waals surface area (Å²) in [6, 6.07) is 13.1. The number of aryl methyl sites for hydroxylation is 1. The zero-order valence-electron chi connectivity index (χ0n) is 17.5. The van der Waals surface area contributed by atoms with Crippen molar-refractivity contribution in [1.82, 2.24) is 18.7 Å². The number of fused-ring (bicyclic) bond motifs is 1. The van der Waals surface area contributed by atoms with E-state index in [4.69, 9.17) is 11.6 Å². The summed E-state index contributed by atoms with van der Waals surface area (Å²) in [5.41, 5.74) is 0.245. The van der Waals surface area contributed by atoms with Crippen LogP contribution in [0.4, 0.5) is 8.78 Å². The van der Waals surface area contributed by atoms with E-state index in [0.717, 1.165) is 28.8 Å². The molecule has 0 fully saturated rings. The van der Waals surface area contributed by atoms with Gasteiger partial charge in [-0.1, -0.05) is 47.6 Å². The molecule has 2 aromatic carbocycles. The Morgan fingerprint density at radius 3 is 2.41 bits per heavy atom. The Balaban J connectivity index is 1.91. The second-order valence-electron chi connectivity index (χ2n) is 7.50. The first-order valence-corrected chi connectivity index (χ1v) is 10.8. The minimum absolute atomic E-state index is 0.119. The van der Waals surface area contributed by atoms with E-state index in [-0.39, 0.29) is 23.3 Å². The van der Waals surface area contributed by atoms with Crippen molar-refractivity contribution >= 4 is 34.5 Å². The molecule has 166 valence electrons. The summed E-state index contributed by atoms with van der Waals surface area (Å²) >= 11 is 7.14. The van der Waals surface area contributed by atoms with Gasteiger partial charge in [-0.2, -0.15) is 0 Å². The standard InChI is InChI=1S/C22H19ClF2N4O2S/c1-22(24,25)14-5-4-6-16(11-14)32-20-26-18-17(19(30)28(3)21(31)27(18)2)29(20)12-13-7-9-15(23)10-8-13/h4-11H,12H2,1-3H3. The molecule has 0 saturated heterocycles. The summed E-state index contributed by atoms with van der Waals surface area (Å²) in [6.07, 6.45) is 0. The van der Waals surface area contributed by atoms with Crippen molar-refractivity contribution in [2.75, 3.05) is 0 Å². The summed E-state index contributed by atoms with van der Waals surface area (Å²) in [5, 5.41) is 0.985. The lowest BCUT2D eigenvalue weighted by molar-refractivity contribution is 0.0172. The number of hydrogen-bond donors (Lipinski definition) is 0. The molecule has 0 spiro atoms. The van der Waals surface area contributed by atoms with Crippen molar-refractivity contribution in [3.8, 4) is 0 Å². The van der Waals surface area contributed by atoms with Crippen molar-refractivity contribution in [2.45, 2.75) is 29.4 Å².